The minimum absolute atomic E-state index is 0.0326. The average Bonchev–Trinajstić information content (AvgIpc) is 3.38. The third-order valence-corrected chi connectivity index (χ3v) is 6.68. The standard InChI is InChI=1S/C29H29N3O2/c1-4-20-10-12-23(13-11-20)27-25-26(22-14-16-24(34-3)17-15-22)30-31(2)28(25)29(33)32(27)19-18-21-8-6-5-7-9-21/h5-17,27H,4,18-19H2,1-3H3. The van der Waals surface area contributed by atoms with Crippen molar-refractivity contribution in [3.63, 3.8) is 0 Å². The Morgan fingerprint density at radius 1 is 0.912 bits per heavy atom. The Morgan fingerprint density at radius 2 is 1.62 bits per heavy atom. The molecule has 0 N–H and O–H groups in total. The molecule has 1 aromatic heterocycles. The van der Waals surface area contributed by atoms with E-state index >= 15 is 0 Å². The van der Waals surface area contributed by atoms with Crippen molar-refractivity contribution in [1.29, 1.82) is 0 Å². The summed E-state index contributed by atoms with van der Waals surface area (Å²) < 4.78 is 7.08. The molecule has 1 amide bonds. The molecule has 5 nitrogen and oxygen atoms in total. The zero-order chi connectivity index (χ0) is 23.7. The molecule has 0 spiro atoms. The molecular formula is C29H29N3O2. The highest BCUT2D eigenvalue weighted by Crippen LogP contribution is 2.43. The van der Waals surface area contributed by atoms with Crippen LogP contribution in [0.4, 0.5) is 0 Å². The largest absolute Gasteiger partial charge is 0.497 e. The van der Waals surface area contributed by atoms with Crippen molar-refractivity contribution in [1.82, 2.24) is 14.7 Å². The van der Waals surface area contributed by atoms with Crippen LogP contribution in [0.1, 0.15) is 45.7 Å². The third kappa shape index (κ3) is 3.87. The van der Waals surface area contributed by atoms with Gasteiger partial charge >= 0.3 is 0 Å². The summed E-state index contributed by atoms with van der Waals surface area (Å²) in [6, 6.07) is 26.7. The maximum Gasteiger partial charge on any atom is 0.273 e. The van der Waals surface area contributed by atoms with Crippen molar-refractivity contribution in [3.8, 4) is 17.0 Å². The van der Waals surface area contributed by atoms with Crippen LogP contribution in [0.2, 0.25) is 0 Å². The Bertz CT molecular complexity index is 1290. The van der Waals surface area contributed by atoms with Crippen LogP contribution in [0.15, 0.2) is 78.9 Å². The highest BCUT2D eigenvalue weighted by molar-refractivity contribution is 6.00. The van der Waals surface area contributed by atoms with E-state index in [1.165, 1.54) is 11.1 Å². The van der Waals surface area contributed by atoms with E-state index < -0.39 is 0 Å². The smallest absolute Gasteiger partial charge is 0.273 e. The Hall–Kier alpha value is -3.86. The molecule has 0 aliphatic carbocycles. The molecule has 5 heteroatoms. The number of hydrogen-bond donors (Lipinski definition) is 0. The number of rotatable bonds is 7. The van der Waals surface area contributed by atoms with Gasteiger partial charge in [-0.3, -0.25) is 9.48 Å². The molecule has 4 aromatic rings. The number of hydrogen-bond acceptors (Lipinski definition) is 3. The monoisotopic (exact) mass is 451 g/mol. The number of fused-ring (bicyclic) bond motifs is 1. The lowest BCUT2D eigenvalue weighted by molar-refractivity contribution is 0.0742. The minimum Gasteiger partial charge on any atom is -0.497 e. The molecule has 172 valence electrons. The molecule has 0 fully saturated rings. The van der Waals surface area contributed by atoms with Crippen LogP contribution in [0.3, 0.4) is 0 Å². The van der Waals surface area contributed by atoms with E-state index in [4.69, 9.17) is 9.84 Å². The molecular weight excluding hydrogens is 422 g/mol. The van der Waals surface area contributed by atoms with Crippen molar-refractivity contribution in [2.45, 2.75) is 25.8 Å². The van der Waals surface area contributed by atoms with Gasteiger partial charge in [-0.25, -0.2) is 0 Å². The Kier molecular flexibility index (Phi) is 5.93. The van der Waals surface area contributed by atoms with E-state index in [0.717, 1.165) is 41.0 Å². The van der Waals surface area contributed by atoms with Crippen LogP contribution in [-0.4, -0.2) is 34.2 Å². The molecule has 1 aliphatic heterocycles. The topological polar surface area (TPSA) is 47.4 Å². The van der Waals surface area contributed by atoms with E-state index in [1.807, 2.05) is 54.4 Å². The van der Waals surface area contributed by atoms with E-state index in [-0.39, 0.29) is 11.9 Å². The van der Waals surface area contributed by atoms with Gasteiger partial charge < -0.3 is 9.64 Å². The van der Waals surface area contributed by atoms with Gasteiger partial charge in [0.05, 0.1) is 18.8 Å². The van der Waals surface area contributed by atoms with E-state index in [1.54, 1.807) is 11.8 Å². The lowest BCUT2D eigenvalue weighted by Gasteiger charge is -2.27. The number of amides is 1. The lowest BCUT2D eigenvalue weighted by atomic mass is 9.95. The lowest BCUT2D eigenvalue weighted by Crippen LogP contribution is -2.32. The fourth-order valence-electron chi connectivity index (χ4n) is 4.83. The second kappa shape index (κ2) is 9.18. The predicted octanol–water partition coefficient (Wildman–Crippen LogP) is 5.45. The maximum atomic E-state index is 13.7. The van der Waals surface area contributed by atoms with Crippen molar-refractivity contribution in [2.24, 2.45) is 7.05 Å². The first-order valence-corrected chi connectivity index (χ1v) is 11.8. The number of nitrogens with zero attached hydrogens (tertiary/aromatic N) is 3. The Labute approximate surface area is 200 Å². The molecule has 5 rings (SSSR count). The third-order valence-electron chi connectivity index (χ3n) is 6.68. The van der Waals surface area contributed by atoms with Gasteiger partial charge in [-0.2, -0.15) is 5.10 Å². The van der Waals surface area contributed by atoms with Crippen LogP contribution < -0.4 is 4.74 Å². The number of benzene rings is 3. The van der Waals surface area contributed by atoms with Gasteiger partial charge in [0.15, 0.2) is 0 Å². The molecule has 1 unspecified atom stereocenters. The summed E-state index contributed by atoms with van der Waals surface area (Å²) in [5.41, 5.74) is 7.09. The van der Waals surface area contributed by atoms with Gasteiger partial charge in [0.1, 0.15) is 11.4 Å². The summed E-state index contributed by atoms with van der Waals surface area (Å²) >= 11 is 0. The maximum absolute atomic E-state index is 13.7. The molecule has 1 aliphatic rings. The van der Waals surface area contributed by atoms with Gasteiger partial charge in [0.25, 0.3) is 5.91 Å². The van der Waals surface area contributed by atoms with Gasteiger partial charge in [-0.1, -0.05) is 61.5 Å². The number of methoxy groups -OCH3 is 1. The summed E-state index contributed by atoms with van der Waals surface area (Å²) in [4.78, 5) is 15.7. The Balaban J connectivity index is 1.60. The van der Waals surface area contributed by atoms with E-state index in [0.29, 0.717) is 12.2 Å². The fourth-order valence-corrected chi connectivity index (χ4v) is 4.83. The predicted molar refractivity (Wildman–Crippen MR) is 134 cm³/mol. The molecule has 3 aromatic carbocycles. The fraction of sp³-hybridized carbons (Fsp3) is 0.241. The zero-order valence-electron chi connectivity index (χ0n) is 19.9. The summed E-state index contributed by atoms with van der Waals surface area (Å²) in [6.07, 6.45) is 1.78. The first kappa shape index (κ1) is 22.0. The van der Waals surface area contributed by atoms with Gasteiger partial charge in [-0.05, 0) is 53.8 Å². The summed E-state index contributed by atoms with van der Waals surface area (Å²) in [5, 5.41) is 4.80. The highest BCUT2D eigenvalue weighted by Gasteiger charge is 2.43. The van der Waals surface area contributed by atoms with Gasteiger partial charge in [0.2, 0.25) is 0 Å². The second-order valence-electron chi connectivity index (χ2n) is 8.69. The molecule has 0 bridgehead atoms. The second-order valence-corrected chi connectivity index (χ2v) is 8.69. The summed E-state index contributed by atoms with van der Waals surface area (Å²) in [5.74, 6) is 0.828. The van der Waals surface area contributed by atoms with Crippen molar-refractivity contribution in [3.05, 3.63) is 107 Å². The van der Waals surface area contributed by atoms with Crippen molar-refractivity contribution >= 4 is 5.91 Å². The molecule has 0 saturated carbocycles. The summed E-state index contributed by atoms with van der Waals surface area (Å²) in [7, 11) is 3.52. The molecule has 0 saturated heterocycles. The van der Waals surface area contributed by atoms with Crippen LogP contribution in [0.5, 0.6) is 5.75 Å². The summed E-state index contributed by atoms with van der Waals surface area (Å²) in [6.45, 7) is 2.79. The number of ether oxygens (including phenoxy) is 1. The van der Waals surface area contributed by atoms with Crippen molar-refractivity contribution < 1.29 is 9.53 Å². The van der Waals surface area contributed by atoms with Crippen LogP contribution in [-0.2, 0) is 19.9 Å². The number of aromatic nitrogens is 2. The van der Waals surface area contributed by atoms with E-state index in [2.05, 4.69) is 43.3 Å². The highest BCUT2D eigenvalue weighted by atomic mass is 16.5. The minimum atomic E-state index is -0.178. The SMILES string of the molecule is CCc1ccc(C2c3c(-c4ccc(OC)cc4)nn(C)c3C(=O)N2CCc2ccccc2)cc1. The van der Waals surface area contributed by atoms with Crippen LogP contribution in [0.25, 0.3) is 11.3 Å². The van der Waals surface area contributed by atoms with E-state index in [9.17, 15) is 4.79 Å². The Morgan fingerprint density at radius 3 is 2.26 bits per heavy atom. The molecule has 0 radical (unpaired) electrons. The number of carbonyl (C=O) groups excluding carboxylic acids is 1. The molecule has 34 heavy (non-hydrogen) atoms. The molecule has 1 atom stereocenters. The van der Waals surface area contributed by atoms with Crippen LogP contribution >= 0.6 is 0 Å². The average molecular weight is 452 g/mol. The van der Waals surface area contributed by atoms with Crippen molar-refractivity contribution in [2.75, 3.05) is 13.7 Å². The first-order valence-electron chi connectivity index (χ1n) is 11.8. The number of aryl methyl sites for hydroxylation is 2. The van der Waals surface area contributed by atoms with Gasteiger partial charge in [0, 0.05) is 24.7 Å². The normalized spacial score (nSPS) is 15.0. The van der Waals surface area contributed by atoms with Crippen LogP contribution in [0, 0.1) is 0 Å². The molecule has 2 heterocycles. The number of carbonyl (C=O) groups is 1. The zero-order valence-corrected chi connectivity index (χ0v) is 19.9. The quantitative estimate of drug-likeness (QED) is 0.376. The first-order chi connectivity index (χ1) is 16.6. The van der Waals surface area contributed by atoms with Gasteiger partial charge in [-0.15, -0.1) is 0 Å².